The minimum Gasteiger partial charge on any atom is -0.370 e. The van der Waals surface area contributed by atoms with Crippen LogP contribution in [-0.2, 0) is 16.0 Å². The number of nitrogens with two attached hydrogens (primary N) is 1. The highest BCUT2D eigenvalue weighted by molar-refractivity contribution is 5.90. The van der Waals surface area contributed by atoms with Crippen molar-refractivity contribution in [3.63, 3.8) is 0 Å². The fourth-order valence-electron chi connectivity index (χ4n) is 3.48. The lowest BCUT2D eigenvalue weighted by atomic mass is 9.97. The quantitative estimate of drug-likeness (QED) is 0.943. The van der Waals surface area contributed by atoms with E-state index in [2.05, 4.69) is 18.2 Å². The van der Waals surface area contributed by atoms with Crippen LogP contribution < -0.4 is 5.73 Å². The summed E-state index contributed by atoms with van der Waals surface area (Å²) in [5, 5.41) is 2.26. The fourth-order valence-corrected chi connectivity index (χ4v) is 3.48. The van der Waals surface area contributed by atoms with Crippen LogP contribution in [0.2, 0.25) is 0 Å². The Morgan fingerprint density at radius 2 is 1.87 bits per heavy atom. The highest BCUT2D eigenvalue weighted by atomic mass is 16.2. The van der Waals surface area contributed by atoms with E-state index in [0.717, 1.165) is 42.1 Å². The van der Waals surface area contributed by atoms with E-state index in [-0.39, 0.29) is 24.3 Å². The highest BCUT2D eigenvalue weighted by Crippen LogP contribution is 2.23. The van der Waals surface area contributed by atoms with Gasteiger partial charge in [-0.15, -0.1) is 0 Å². The van der Waals surface area contributed by atoms with Gasteiger partial charge in [0.15, 0.2) is 0 Å². The molecular formula is C19H22N2O2. The Hall–Kier alpha value is -2.36. The molecule has 0 aliphatic carbocycles. The molecule has 1 fully saturated rings. The molecule has 1 unspecified atom stereocenters. The second kappa shape index (κ2) is 6.82. The summed E-state index contributed by atoms with van der Waals surface area (Å²) in [7, 11) is 0. The molecule has 2 aromatic carbocycles. The van der Waals surface area contributed by atoms with E-state index in [9.17, 15) is 9.59 Å². The minimum absolute atomic E-state index is 0.0382. The van der Waals surface area contributed by atoms with Gasteiger partial charge in [0.2, 0.25) is 11.8 Å². The molecule has 0 radical (unpaired) electrons. The van der Waals surface area contributed by atoms with Gasteiger partial charge in [0, 0.05) is 19.0 Å². The molecule has 1 aliphatic heterocycles. The number of primary amides is 1. The number of amides is 2. The maximum absolute atomic E-state index is 12.8. The van der Waals surface area contributed by atoms with Crippen molar-refractivity contribution in [3.05, 3.63) is 48.0 Å². The van der Waals surface area contributed by atoms with Crippen molar-refractivity contribution in [1.82, 2.24) is 4.90 Å². The smallest absolute Gasteiger partial charge is 0.227 e. The molecule has 1 atom stereocenters. The van der Waals surface area contributed by atoms with Gasteiger partial charge in [0.25, 0.3) is 0 Å². The average molecular weight is 310 g/mol. The molecule has 2 amide bonds. The molecular weight excluding hydrogens is 288 g/mol. The van der Waals surface area contributed by atoms with E-state index in [1.807, 2.05) is 29.2 Å². The van der Waals surface area contributed by atoms with Crippen LogP contribution in [-0.4, -0.2) is 29.3 Å². The maximum Gasteiger partial charge on any atom is 0.227 e. The summed E-state index contributed by atoms with van der Waals surface area (Å²) >= 11 is 0. The summed E-state index contributed by atoms with van der Waals surface area (Å²) in [6.45, 7) is 0.724. The second-order valence-corrected chi connectivity index (χ2v) is 6.22. The number of hydrogen-bond donors (Lipinski definition) is 1. The zero-order valence-electron chi connectivity index (χ0n) is 13.2. The Bertz CT molecular complexity index is 721. The van der Waals surface area contributed by atoms with E-state index in [0.29, 0.717) is 6.42 Å². The number of rotatable bonds is 4. The first-order valence-corrected chi connectivity index (χ1v) is 8.19. The van der Waals surface area contributed by atoms with Gasteiger partial charge < -0.3 is 10.6 Å². The first kappa shape index (κ1) is 15.5. The van der Waals surface area contributed by atoms with Crippen molar-refractivity contribution in [1.29, 1.82) is 0 Å². The van der Waals surface area contributed by atoms with Gasteiger partial charge in [0.1, 0.15) is 0 Å². The summed E-state index contributed by atoms with van der Waals surface area (Å²) in [5.41, 5.74) is 6.37. The van der Waals surface area contributed by atoms with E-state index < -0.39 is 0 Å². The predicted octanol–water partition coefficient (Wildman–Crippen LogP) is 2.64. The van der Waals surface area contributed by atoms with Gasteiger partial charge in [-0.3, -0.25) is 9.59 Å². The topological polar surface area (TPSA) is 63.4 Å². The molecule has 1 heterocycles. The van der Waals surface area contributed by atoms with Crippen molar-refractivity contribution >= 4 is 22.6 Å². The first-order valence-electron chi connectivity index (χ1n) is 8.19. The molecule has 2 aromatic rings. The molecule has 1 aliphatic rings. The van der Waals surface area contributed by atoms with Crippen molar-refractivity contribution in [2.24, 2.45) is 5.73 Å². The molecule has 1 saturated heterocycles. The summed E-state index contributed by atoms with van der Waals surface area (Å²) in [6.07, 6.45) is 3.55. The summed E-state index contributed by atoms with van der Waals surface area (Å²) in [4.78, 5) is 25.9. The van der Waals surface area contributed by atoms with Crippen LogP contribution in [0.25, 0.3) is 10.8 Å². The third kappa shape index (κ3) is 3.52. The van der Waals surface area contributed by atoms with Crippen LogP contribution in [0, 0.1) is 0 Å². The normalized spacial score (nSPS) is 18.1. The molecule has 3 rings (SSSR count). The number of benzene rings is 2. The Kier molecular flexibility index (Phi) is 4.60. The van der Waals surface area contributed by atoms with E-state index in [4.69, 9.17) is 5.73 Å². The molecule has 0 saturated carbocycles. The van der Waals surface area contributed by atoms with E-state index in [1.54, 1.807) is 0 Å². The zero-order valence-corrected chi connectivity index (χ0v) is 13.2. The summed E-state index contributed by atoms with van der Waals surface area (Å²) in [6, 6.07) is 14.1. The minimum atomic E-state index is -0.333. The molecule has 0 aromatic heterocycles. The number of likely N-dealkylation sites (tertiary alicyclic amines) is 1. The van der Waals surface area contributed by atoms with E-state index in [1.165, 1.54) is 0 Å². The molecule has 4 heteroatoms. The number of carbonyl (C=O) groups is 2. The van der Waals surface area contributed by atoms with Crippen molar-refractivity contribution in [2.45, 2.75) is 38.1 Å². The van der Waals surface area contributed by atoms with Crippen LogP contribution in [0.3, 0.4) is 0 Å². The van der Waals surface area contributed by atoms with E-state index >= 15 is 0 Å². The third-order valence-electron chi connectivity index (χ3n) is 4.61. The summed E-state index contributed by atoms with van der Waals surface area (Å²) < 4.78 is 0. The lowest BCUT2D eigenvalue weighted by Gasteiger charge is -2.35. The van der Waals surface area contributed by atoms with Gasteiger partial charge >= 0.3 is 0 Å². The lowest BCUT2D eigenvalue weighted by molar-refractivity contribution is -0.135. The van der Waals surface area contributed by atoms with Gasteiger partial charge in [-0.25, -0.2) is 0 Å². The number of fused-ring (bicyclic) bond motifs is 1. The highest BCUT2D eigenvalue weighted by Gasteiger charge is 2.27. The van der Waals surface area contributed by atoms with Crippen molar-refractivity contribution in [3.8, 4) is 0 Å². The number of carbonyl (C=O) groups excluding carboxylic acids is 2. The second-order valence-electron chi connectivity index (χ2n) is 6.22. The van der Waals surface area contributed by atoms with Crippen molar-refractivity contribution in [2.75, 3.05) is 6.54 Å². The van der Waals surface area contributed by atoms with Crippen molar-refractivity contribution < 1.29 is 9.59 Å². The molecule has 0 bridgehead atoms. The fraction of sp³-hybridized carbons (Fsp3) is 0.368. The Morgan fingerprint density at radius 3 is 2.70 bits per heavy atom. The van der Waals surface area contributed by atoms with Crippen LogP contribution in [0.15, 0.2) is 42.5 Å². The third-order valence-corrected chi connectivity index (χ3v) is 4.61. The average Bonchev–Trinajstić information content (AvgIpc) is 2.55. The standard InChI is InChI=1S/C19H22N2O2/c20-18(22)13-16-9-3-4-11-21(16)19(23)12-15-8-5-7-14-6-1-2-10-17(14)15/h1-2,5-8,10,16H,3-4,9,11-13H2,(H2,20,22). The Labute approximate surface area is 136 Å². The van der Waals surface area contributed by atoms with Crippen LogP contribution in [0.1, 0.15) is 31.2 Å². The molecule has 2 N–H and O–H groups in total. The van der Waals surface area contributed by atoms with Gasteiger partial charge in [-0.05, 0) is 35.6 Å². The molecule has 4 nitrogen and oxygen atoms in total. The lowest BCUT2D eigenvalue weighted by Crippen LogP contribution is -2.46. The first-order chi connectivity index (χ1) is 11.1. The number of nitrogens with zero attached hydrogens (tertiary/aromatic N) is 1. The SMILES string of the molecule is NC(=O)CC1CCCCN1C(=O)Cc1cccc2ccccc12. The largest absolute Gasteiger partial charge is 0.370 e. The molecule has 120 valence electrons. The van der Waals surface area contributed by atoms with Crippen LogP contribution in [0.5, 0.6) is 0 Å². The van der Waals surface area contributed by atoms with Gasteiger partial charge in [-0.2, -0.15) is 0 Å². The molecule has 0 spiro atoms. The van der Waals surface area contributed by atoms with Crippen LogP contribution in [0.4, 0.5) is 0 Å². The Morgan fingerprint density at radius 1 is 1.09 bits per heavy atom. The summed E-state index contributed by atoms with van der Waals surface area (Å²) in [5.74, 6) is -0.243. The monoisotopic (exact) mass is 310 g/mol. The van der Waals surface area contributed by atoms with Crippen LogP contribution >= 0.6 is 0 Å². The maximum atomic E-state index is 12.8. The predicted molar refractivity (Wildman–Crippen MR) is 90.8 cm³/mol. The number of piperidine rings is 1. The number of hydrogen-bond acceptors (Lipinski definition) is 2. The molecule has 23 heavy (non-hydrogen) atoms. The zero-order chi connectivity index (χ0) is 16.2. The van der Waals surface area contributed by atoms with Gasteiger partial charge in [-0.1, -0.05) is 42.5 Å². The van der Waals surface area contributed by atoms with Gasteiger partial charge in [0.05, 0.1) is 6.42 Å². The Balaban J connectivity index is 1.80.